The van der Waals surface area contributed by atoms with Gasteiger partial charge in [-0.25, -0.2) is 0 Å². The zero-order chi connectivity index (χ0) is 11.1. The maximum Gasteiger partial charge on any atom is 0.161 e. The maximum absolute atomic E-state index is 11.9. The first-order valence-electron chi connectivity index (χ1n) is 6.43. The van der Waals surface area contributed by atoms with Crippen LogP contribution in [-0.4, -0.2) is 18.5 Å². The van der Waals surface area contributed by atoms with Crippen LogP contribution in [0, 0.1) is 5.92 Å². The van der Waals surface area contributed by atoms with Crippen LogP contribution in [0.4, 0.5) is 0 Å². The standard InChI is InChI=1S/C13H24O2/c1-3-5-6-7-8-12(14)13(15-4-2)11-9-10-11/h11,13H,3-10H2,1-2H3. The summed E-state index contributed by atoms with van der Waals surface area (Å²) in [5.41, 5.74) is 0. The topological polar surface area (TPSA) is 26.3 Å². The molecule has 1 unspecified atom stereocenters. The molecule has 1 aliphatic carbocycles. The normalized spacial score (nSPS) is 17.7. The summed E-state index contributed by atoms with van der Waals surface area (Å²) in [6.45, 7) is 4.83. The van der Waals surface area contributed by atoms with Crippen LogP contribution in [0.15, 0.2) is 0 Å². The number of carbonyl (C=O) groups is 1. The van der Waals surface area contributed by atoms with Crippen molar-refractivity contribution in [2.24, 2.45) is 5.92 Å². The smallest absolute Gasteiger partial charge is 0.161 e. The fourth-order valence-electron chi connectivity index (χ4n) is 1.94. The molecule has 0 aromatic carbocycles. The summed E-state index contributed by atoms with van der Waals surface area (Å²) in [6, 6.07) is 0. The molecule has 1 fully saturated rings. The molecule has 0 spiro atoms. The van der Waals surface area contributed by atoms with Crippen molar-refractivity contribution in [1.29, 1.82) is 0 Å². The van der Waals surface area contributed by atoms with Crippen molar-refractivity contribution in [1.82, 2.24) is 0 Å². The molecule has 0 bridgehead atoms. The van der Waals surface area contributed by atoms with E-state index in [1.54, 1.807) is 0 Å². The summed E-state index contributed by atoms with van der Waals surface area (Å²) in [7, 11) is 0. The molecule has 2 nitrogen and oxygen atoms in total. The molecule has 1 aliphatic rings. The first-order chi connectivity index (χ1) is 7.29. The molecular formula is C13H24O2. The van der Waals surface area contributed by atoms with Crippen LogP contribution in [0.5, 0.6) is 0 Å². The Balaban J connectivity index is 2.17. The predicted molar refractivity (Wildman–Crippen MR) is 61.9 cm³/mol. The first-order valence-corrected chi connectivity index (χ1v) is 6.43. The Hall–Kier alpha value is -0.370. The highest BCUT2D eigenvalue weighted by Crippen LogP contribution is 2.35. The van der Waals surface area contributed by atoms with Gasteiger partial charge in [-0.1, -0.05) is 26.2 Å². The number of carbonyl (C=O) groups excluding carboxylic acids is 1. The van der Waals surface area contributed by atoms with Crippen molar-refractivity contribution in [2.45, 2.75) is 64.9 Å². The minimum absolute atomic E-state index is 0.0726. The van der Waals surface area contributed by atoms with Crippen molar-refractivity contribution < 1.29 is 9.53 Å². The van der Waals surface area contributed by atoms with Crippen molar-refractivity contribution in [3.8, 4) is 0 Å². The van der Waals surface area contributed by atoms with E-state index in [1.807, 2.05) is 6.92 Å². The molecule has 0 amide bonds. The lowest BCUT2D eigenvalue weighted by molar-refractivity contribution is -0.131. The lowest BCUT2D eigenvalue weighted by Crippen LogP contribution is -2.26. The van der Waals surface area contributed by atoms with Gasteiger partial charge in [-0.05, 0) is 32.1 Å². The molecular weight excluding hydrogens is 188 g/mol. The Bertz CT molecular complexity index is 185. The number of unbranched alkanes of at least 4 members (excludes halogenated alkanes) is 3. The molecule has 88 valence electrons. The van der Waals surface area contributed by atoms with Gasteiger partial charge in [0, 0.05) is 13.0 Å². The number of ketones is 1. The van der Waals surface area contributed by atoms with Gasteiger partial charge in [0.15, 0.2) is 5.78 Å². The van der Waals surface area contributed by atoms with E-state index >= 15 is 0 Å². The summed E-state index contributed by atoms with van der Waals surface area (Å²) in [5.74, 6) is 0.888. The van der Waals surface area contributed by atoms with Crippen LogP contribution in [0.1, 0.15) is 58.8 Å². The Morgan fingerprint density at radius 2 is 2.00 bits per heavy atom. The largest absolute Gasteiger partial charge is 0.370 e. The molecule has 1 rings (SSSR count). The monoisotopic (exact) mass is 212 g/mol. The summed E-state index contributed by atoms with van der Waals surface area (Å²) in [4.78, 5) is 11.9. The van der Waals surface area contributed by atoms with E-state index in [9.17, 15) is 4.79 Å². The average molecular weight is 212 g/mol. The van der Waals surface area contributed by atoms with Gasteiger partial charge in [-0.3, -0.25) is 4.79 Å². The quantitative estimate of drug-likeness (QED) is 0.548. The minimum atomic E-state index is -0.0726. The molecule has 15 heavy (non-hydrogen) atoms. The van der Waals surface area contributed by atoms with Crippen molar-refractivity contribution in [2.75, 3.05) is 6.61 Å². The number of ether oxygens (including phenoxy) is 1. The Morgan fingerprint density at radius 1 is 1.27 bits per heavy atom. The molecule has 0 heterocycles. The highest BCUT2D eigenvalue weighted by Gasteiger charge is 2.35. The third kappa shape index (κ3) is 4.78. The molecule has 0 N–H and O–H groups in total. The van der Waals surface area contributed by atoms with Crippen LogP contribution < -0.4 is 0 Å². The van der Waals surface area contributed by atoms with E-state index in [0.29, 0.717) is 18.3 Å². The van der Waals surface area contributed by atoms with Crippen LogP contribution in [-0.2, 0) is 9.53 Å². The van der Waals surface area contributed by atoms with E-state index in [-0.39, 0.29) is 6.10 Å². The van der Waals surface area contributed by atoms with E-state index in [2.05, 4.69) is 6.92 Å². The molecule has 2 heteroatoms. The number of hydrogen-bond acceptors (Lipinski definition) is 2. The van der Waals surface area contributed by atoms with Crippen molar-refractivity contribution in [3.05, 3.63) is 0 Å². The SMILES string of the molecule is CCCCCCC(=O)C(OCC)C1CC1. The minimum Gasteiger partial charge on any atom is -0.370 e. The second-order valence-corrected chi connectivity index (χ2v) is 4.49. The third-order valence-electron chi connectivity index (χ3n) is 2.99. The Morgan fingerprint density at radius 3 is 2.53 bits per heavy atom. The van der Waals surface area contributed by atoms with Gasteiger partial charge in [0.05, 0.1) is 0 Å². The fraction of sp³-hybridized carbons (Fsp3) is 0.923. The van der Waals surface area contributed by atoms with E-state index in [4.69, 9.17) is 4.74 Å². The van der Waals surface area contributed by atoms with Gasteiger partial charge >= 0.3 is 0 Å². The molecule has 0 aliphatic heterocycles. The van der Waals surface area contributed by atoms with Gasteiger partial charge in [-0.15, -0.1) is 0 Å². The van der Waals surface area contributed by atoms with Crippen LogP contribution in [0.25, 0.3) is 0 Å². The molecule has 0 aromatic heterocycles. The van der Waals surface area contributed by atoms with E-state index in [1.165, 1.54) is 32.1 Å². The highest BCUT2D eigenvalue weighted by molar-refractivity contribution is 5.83. The molecule has 1 atom stereocenters. The zero-order valence-electron chi connectivity index (χ0n) is 10.1. The number of rotatable bonds is 9. The lowest BCUT2D eigenvalue weighted by Gasteiger charge is -2.14. The van der Waals surface area contributed by atoms with E-state index < -0.39 is 0 Å². The van der Waals surface area contributed by atoms with E-state index in [0.717, 1.165) is 12.8 Å². The van der Waals surface area contributed by atoms with Crippen molar-refractivity contribution in [3.63, 3.8) is 0 Å². The zero-order valence-corrected chi connectivity index (χ0v) is 10.1. The van der Waals surface area contributed by atoms with Crippen LogP contribution >= 0.6 is 0 Å². The average Bonchev–Trinajstić information content (AvgIpc) is 3.04. The molecule has 1 saturated carbocycles. The predicted octanol–water partition coefficient (Wildman–Crippen LogP) is 3.34. The third-order valence-corrected chi connectivity index (χ3v) is 2.99. The summed E-state index contributed by atoms with van der Waals surface area (Å²) < 4.78 is 5.54. The van der Waals surface area contributed by atoms with Gasteiger partial charge < -0.3 is 4.74 Å². The summed E-state index contributed by atoms with van der Waals surface area (Å²) in [5, 5.41) is 0. The second-order valence-electron chi connectivity index (χ2n) is 4.49. The van der Waals surface area contributed by atoms with Gasteiger partial charge in [0.1, 0.15) is 6.10 Å². The Kier molecular flexibility index (Phi) is 5.92. The van der Waals surface area contributed by atoms with Crippen molar-refractivity contribution >= 4 is 5.78 Å². The number of Topliss-reactive ketones (excluding diaryl/α,β-unsaturated/α-hetero) is 1. The van der Waals surface area contributed by atoms with Gasteiger partial charge in [0.25, 0.3) is 0 Å². The summed E-state index contributed by atoms with van der Waals surface area (Å²) >= 11 is 0. The number of hydrogen-bond donors (Lipinski definition) is 0. The highest BCUT2D eigenvalue weighted by atomic mass is 16.5. The van der Waals surface area contributed by atoms with Gasteiger partial charge in [0.2, 0.25) is 0 Å². The lowest BCUT2D eigenvalue weighted by atomic mass is 10.0. The molecule has 0 aromatic rings. The molecule has 0 saturated heterocycles. The summed E-state index contributed by atoms with van der Waals surface area (Å²) in [6.07, 6.45) is 7.73. The second kappa shape index (κ2) is 7.00. The molecule has 0 radical (unpaired) electrons. The Labute approximate surface area is 93.4 Å². The fourth-order valence-corrected chi connectivity index (χ4v) is 1.94. The van der Waals surface area contributed by atoms with Crippen LogP contribution in [0.2, 0.25) is 0 Å². The van der Waals surface area contributed by atoms with Gasteiger partial charge in [-0.2, -0.15) is 0 Å². The maximum atomic E-state index is 11.9. The van der Waals surface area contributed by atoms with Crippen LogP contribution in [0.3, 0.4) is 0 Å². The first kappa shape index (κ1) is 12.7.